The number of hydrogen-bond acceptors (Lipinski definition) is 4. The second-order valence-corrected chi connectivity index (χ2v) is 5.86. The molecule has 3 aromatic rings. The number of rotatable bonds is 8. The van der Waals surface area contributed by atoms with Crippen molar-refractivity contribution in [1.82, 2.24) is 15.3 Å². The molecule has 0 saturated heterocycles. The molecular weight excluding hydrogens is 330 g/mol. The predicted octanol–water partition coefficient (Wildman–Crippen LogP) is 3.33. The quantitative estimate of drug-likeness (QED) is 0.609. The Morgan fingerprint density at radius 2 is 2.04 bits per heavy atom. The molecule has 3 rings (SSSR count). The van der Waals surface area contributed by atoms with Crippen molar-refractivity contribution in [3.8, 4) is 11.5 Å². The Kier molecular flexibility index (Phi) is 5.73. The van der Waals surface area contributed by atoms with E-state index in [9.17, 15) is 4.79 Å². The average Bonchev–Trinajstić information content (AvgIpc) is 3.08. The molecule has 0 radical (unpaired) electrons. The smallest absolute Gasteiger partial charge is 0.251 e. The molecule has 0 unspecified atom stereocenters. The lowest BCUT2D eigenvalue weighted by molar-refractivity contribution is 0.0952. The Labute approximate surface area is 152 Å². The fourth-order valence-corrected chi connectivity index (χ4v) is 2.77. The van der Waals surface area contributed by atoms with Gasteiger partial charge in [0.2, 0.25) is 0 Å². The van der Waals surface area contributed by atoms with Crippen molar-refractivity contribution >= 4 is 16.9 Å². The van der Waals surface area contributed by atoms with Crippen molar-refractivity contribution < 1.29 is 14.3 Å². The number of methoxy groups -OCH3 is 1. The molecule has 1 aromatic heterocycles. The fourth-order valence-electron chi connectivity index (χ4n) is 2.77. The number of ether oxygens (including phenoxy) is 2. The number of amides is 1. The van der Waals surface area contributed by atoms with E-state index in [-0.39, 0.29) is 5.91 Å². The van der Waals surface area contributed by atoms with Crippen LogP contribution < -0.4 is 14.8 Å². The number of aromatic nitrogens is 2. The average molecular weight is 353 g/mol. The van der Waals surface area contributed by atoms with Gasteiger partial charge in [0.25, 0.3) is 5.91 Å². The third-order valence-electron chi connectivity index (χ3n) is 4.04. The number of para-hydroxylation sites is 2. The number of carbonyl (C=O) groups is 1. The van der Waals surface area contributed by atoms with Gasteiger partial charge in [-0.3, -0.25) is 4.79 Å². The molecule has 2 N–H and O–H groups in total. The van der Waals surface area contributed by atoms with Crippen LogP contribution in [0.5, 0.6) is 11.5 Å². The van der Waals surface area contributed by atoms with Crippen molar-refractivity contribution in [3.63, 3.8) is 0 Å². The minimum atomic E-state index is -0.129. The Bertz CT molecular complexity index is 856. The van der Waals surface area contributed by atoms with E-state index in [1.807, 2.05) is 31.2 Å². The van der Waals surface area contributed by atoms with Gasteiger partial charge in [0.1, 0.15) is 5.82 Å². The Morgan fingerprint density at radius 3 is 2.81 bits per heavy atom. The van der Waals surface area contributed by atoms with E-state index in [4.69, 9.17) is 9.47 Å². The van der Waals surface area contributed by atoms with Crippen molar-refractivity contribution in [2.24, 2.45) is 0 Å². The topological polar surface area (TPSA) is 76.2 Å². The number of nitrogens with one attached hydrogen (secondary N) is 2. The number of imidazole rings is 1. The monoisotopic (exact) mass is 353 g/mol. The molecular formula is C20H23N3O3. The summed E-state index contributed by atoms with van der Waals surface area (Å²) in [7, 11) is 1.56. The number of benzene rings is 2. The van der Waals surface area contributed by atoms with Crippen LogP contribution in [0.15, 0.2) is 42.5 Å². The van der Waals surface area contributed by atoms with Crippen molar-refractivity contribution in [2.45, 2.75) is 19.8 Å². The summed E-state index contributed by atoms with van der Waals surface area (Å²) in [6, 6.07) is 13.1. The van der Waals surface area contributed by atoms with Gasteiger partial charge < -0.3 is 19.8 Å². The number of H-pyrrole nitrogens is 1. The molecule has 0 atom stereocenters. The van der Waals surface area contributed by atoms with Gasteiger partial charge in [0.15, 0.2) is 11.5 Å². The van der Waals surface area contributed by atoms with Crippen LogP contribution in [0.25, 0.3) is 11.0 Å². The number of aryl methyl sites for hydroxylation is 1. The number of carbonyl (C=O) groups excluding carboxylic acids is 1. The van der Waals surface area contributed by atoms with Gasteiger partial charge in [-0.15, -0.1) is 0 Å². The maximum atomic E-state index is 12.3. The zero-order chi connectivity index (χ0) is 18.4. The highest BCUT2D eigenvalue weighted by Gasteiger charge is 2.11. The van der Waals surface area contributed by atoms with Crippen LogP contribution in [0.2, 0.25) is 0 Å². The summed E-state index contributed by atoms with van der Waals surface area (Å²) in [5, 5.41) is 2.93. The highest BCUT2D eigenvalue weighted by Crippen LogP contribution is 2.27. The van der Waals surface area contributed by atoms with Crippen LogP contribution in [0.3, 0.4) is 0 Å². The van der Waals surface area contributed by atoms with E-state index < -0.39 is 0 Å². The molecule has 0 fully saturated rings. The molecule has 6 heteroatoms. The van der Waals surface area contributed by atoms with Gasteiger partial charge in [-0.05, 0) is 43.7 Å². The summed E-state index contributed by atoms with van der Waals surface area (Å²) in [6.07, 6.45) is 1.58. The summed E-state index contributed by atoms with van der Waals surface area (Å²) in [4.78, 5) is 20.1. The third kappa shape index (κ3) is 4.14. The highest BCUT2D eigenvalue weighted by molar-refractivity contribution is 5.94. The fraction of sp³-hybridized carbons (Fsp3) is 0.300. The first kappa shape index (κ1) is 17.8. The van der Waals surface area contributed by atoms with Crippen molar-refractivity contribution in [1.29, 1.82) is 0 Å². The molecule has 6 nitrogen and oxygen atoms in total. The molecule has 2 aromatic carbocycles. The molecule has 0 bridgehead atoms. The normalized spacial score (nSPS) is 10.7. The van der Waals surface area contributed by atoms with E-state index >= 15 is 0 Å². The van der Waals surface area contributed by atoms with Crippen molar-refractivity contribution in [2.75, 3.05) is 20.3 Å². The summed E-state index contributed by atoms with van der Waals surface area (Å²) in [5.74, 6) is 2.00. The molecule has 0 aliphatic carbocycles. The summed E-state index contributed by atoms with van der Waals surface area (Å²) >= 11 is 0. The minimum absolute atomic E-state index is 0.129. The predicted molar refractivity (Wildman–Crippen MR) is 101 cm³/mol. The number of hydrogen-bond donors (Lipinski definition) is 2. The Balaban J connectivity index is 1.52. The summed E-state index contributed by atoms with van der Waals surface area (Å²) < 4.78 is 10.8. The zero-order valence-electron chi connectivity index (χ0n) is 15.0. The van der Waals surface area contributed by atoms with Crippen LogP contribution in [0.4, 0.5) is 0 Å². The van der Waals surface area contributed by atoms with E-state index in [1.165, 1.54) is 0 Å². The molecule has 1 heterocycles. The second-order valence-electron chi connectivity index (χ2n) is 5.86. The molecule has 1 amide bonds. The molecule has 0 aliphatic heterocycles. The molecule has 26 heavy (non-hydrogen) atoms. The Morgan fingerprint density at radius 1 is 1.19 bits per heavy atom. The van der Waals surface area contributed by atoms with Gasteiger partial charge in [-0.25, -0.2) is 4.98 Å². The van der Waals surface area contributed by atoms with Crippen LogP contribution in [-0.2, 0) is 6.42 Å². The first-order valence-corrected chi connectivity index (χ1v) is 8.74. The lowest BCUT2D eigenvalue weighted by atomic mass is 10.2. The van der Waals surface area contributed by atoms with Gasteiger partial charge >= 0.3 is 0 Å². The lowest BCUT2D eigenvalue weighted by Gasteiger charge is -2.11. The maximum absolute atomic E-state index is 12.3. The lowest BCUT2D eigenvalue weighted by Crippen LogP contribution is -2.24. The SMILES string of the molecule is CCOc1ccc(C(=O)NCCCc2nc3ccccc3[nH]2)cc1OC. The molecule has 0 spiro atoms. The van der Waals surface area contributed by atoms with E-state index in [0.29, 0.717) is 30.2 Å². The Hall–Kier alpha value is -3.02. The third-order valence-corrected chi connectivity index (χ3v) is 4.04. The van der Waals surface area contributed by atoms with Gasteiger partial charge in [-0.1, -0.05) is 12.1 Å². The maximum Gasteiger partial charge on any atom is 0.251 e. The molecule has 0 saturated carbocycles. The van der Waals surface area contributed by atoms with E-state index in [1.54, 1.807) is 25.3 Å². The van der Waals surface area contributed by atoms with Gasteiger partial charge in [0, 0.05) is 18.5 Å². The van der Waals surface area contributed by atoms with Crippen LogP contribution >= 0.6 is 0 Å². The van der Waals surface area contributed by atoms with Crippen LogP contribution in [0.1, 0.15) is 29.5 Å². The minimum Gasteiger partial charge on any atom is -0.493 e. The van der Waals surface area contributed by atoms with E-state index in [0.717, 1.165) is 29.7 Å². The number of nitrogens with zero attached hydrogens (tertiary/aromatic N) is 1. The second kappa shape index (κ2) is 8.38. The van der Waals surface area contributed by atoms with E-state index in [2.05, 4.69) is 15.3 Å². The summed E-state index contributed by atoms with van der Waals surface area (Å²) in [6.45, 7) is 3.02. The first-order chi connectivity index (χ1) is 12.7. The van der Waals surface area contributed by atoms with Gasteiger partial charge in [-0.2, -0.15) is 0 Å². The number of aromatic amines is 1. The molecule has 0 aliphatic rings. The zero-order valence-corrected chi connectivity index (χ0v) is 15.0. The summed E-state index contributed by atoms with van der Waals surface area (Å²) in [5.41, 5.74) is 2.55. The first-order valence-electron chi connectivity index (χ1n) is 8.74. The largest absolute Gasteiger partial charge is 0.493 e. The van der Waals surface area contributed by atoms with Crippen molar-refractivity contribution in [3.05, 3.63) is 53.9 Å². The number of fused-ring (bicyclic) bond motifs is 1. The van der Waals surface area contributed by atoms with Crippen LogP contribution in [0, 0.1) is 0 Å². The van der Waals surface area contributed by atoms with Gasteiger partial charge in [0.05, 0.1) is 24.8 Å². The van der Waals surface area contributed by atoms with Crippen LogP contribution in [-0.4, -0.2) is 36.1 Å². The molecule has 136 valence electrons. The standard InChI is InChI=1S/C20H23N3O3/c1-3-26-17-11-10-14(13-18(17)25-2)20(24)21-12-6-9-19-22-15-7-4-5-8-16(15)23-19/h4-5,7-8,10-11,13H,3,6,9,12H2,1-2H3,(H,21,24)(H,22,23). The highest BCUT2D eigenvalue weighted by atomic mass is 16.5.